The summed E-state index contributed by atoms with van der Waals surface area (Å²) < 4.78 is 3.83. The molecule has 0 bridgehead atoms. The zero-order valence-electron chi connectivity index (χ0n) is 18.4. The predicted octanol–water partition coefficient (Wildman–Crippen LogP) is 4.52. The van der Waals surface area contributed by atoms with Crippen LogP contribution in [0, 0.1) is 27.7 Å². The number of nitrogens with zero attached hydrogens (tertiary/aromatic N) is 6. The van der Waals surface area contributed by atoms with Gasteiger partial charge in [-0.1, -0.05) is 6.07 Å². The van der Waals surface area contributed by atoms with Gasteiger partial charge in [0.05, 0.1) is 16.9 Å². The number of aryl methyl sites for hydroxylation is 5. The van der Waals surface area contributed by atoms with Crippen molar-refractivity contribution < 1.29 is 0 Å². The molecule has 0 saturated heterocycles. The maximum Gasteiger partial charge on any atom is 0.165 e. The van der Waals surface area contributed by atoms with Gasteiger partial charge in [0.25, 0.3) is 0 Å². The molecule has 0 atom stereocenters. The number of benzene rings is 1. The van der Waals surface area contributed by atoms with E-state index >= 15 is 0 Å². The highest BCUT2D eigenvalue weighted by molar-refractivity contribution is 5.90. The first kappa shape index (κ1) is 19.2. The van der Waals surface area contributed by atoms with Gasteiger partial charge in [-0.15, -0.1) is 0 Å². The van der Waals surface area contributed by atoms with Crippen LogP contribution in [-0.4, -0.2) is 29.4 Å². The minimum Gasteiger partial charge on any atom is -0.366 e. The number of anilines is 1. The zero-order valence-corrected chi connectivity index (χ0v) is 18.4. The lowest BCUT2D eigenvalue weighted by molar-refractivity contribution is 0.783. The summed E-state index contributed by atoms with van der Waals surface area (Å²) in [4.78, 5) is 9.12. The summed E-state index contributed by atoms with van der Waals surface area (Å²) in [5.74, 6) is 0.921. The SMILES string of the molecule is Cc1cc(CNc2cc(C)nc3c(-c4ccc5c(c4)c(C)nn5C)c(C)nn23)ccn1. The zero-order chi connectivity index (χ0) is 21.7. The lowest BCUT2D eigenvalue weighted by Gasteiger charge is -2.10. The molecule has 156 valence electrons. The second-order valence-electron chi connectivity index (χ2n) is 8.08. The lowest BCUT2D eigenvalue weighted by atomic mass is 10.0. The summed E-state index contributed by atoms with van der Waals surface area (Å²) >= 11 is 0. The molecule has 0 spiro atoms. The van der Waals surface area contributed by atoms with Crippen molar-refractivity contribution in [3.8, 4) is 11.1 Å². The minimum atomic E-state index is 0.691. The van der Waals surface area contributed by atoms with E-state index < -0.39 is 0 Å². The van der Waals surface area contributed by atoms with Crippen molar-refractivity contribution in [3.63, 3.8) is 0 Å². The molecule has 0 aliphatic rings. The van der Waals surface area contributed by atoms with Crippen molar-refractivity contribution in [1.29, 1.82) is 0 Å². The fourth-order valence-electron chi connectivity index (χ4n) is 4.21. The Balaban J connectivity index is 1.60. The molecular weight excluding hydrogens is 386 g/mol. The number of pyridine rings is 1. The average molecular weight is 412 g/mol. The molecule has 0 aliphatic carbocycles. The highest BCUT2D eigenvalue weighted by Gasteiger charge is 2.17. The molecule has 0 fully saturated rings. The molecule has 5 aromatic rings. The third-order valence-electron chi connectivity index (χ3n) is 5.65. The van der Waals surface area contributed by atoms with Gasteiger partial charge >= 0.3 is 0 Å². The molecule has 4 aromatic heterocycles. The highest BCUT2D eigenvalue weighted by Crippen LogP contribution is 2.32. The summed E-state index contributed by atoms with van der Waals surface area (Å²) in [7, 11) is 1.97. The molecule has 5 rings (SSSR count). The van der Waals surface area contributed by atoms with Crippen LogP contribution in [0.4, 0.5) is 5.82 Å². The Morgan fingerprint density at radius 3 is 2.55 bits per heavy atom. The van der Waals surface area contributed by atoms with Crippen molar-refractivity contribution >= 4 is 22.4 Å². The second-order valence-corrected chi connectivity index (χ2v) is 8.08. The van der Waals surface area contributed by atoms with E-state index in [1.165, 1.54) is 5.56 Å². The molecule has 0 amide bonds. The van der Waals surface area contributed by atoms with Gasteiger partial charge < -0.3 is 5.32 Å². The molecule has 31 heavy (non-hydrogen) atoms. The number of hydrogen-bond acceptors (Lipinski definition) is 5. The van der Waals surface area contributed by atoms with Crippen LogP contribution in [0.3, 0.4) is 0 Å². The summed E-state index contributed by atoms with van der Waals surface area (Å²) in [5.41, 5.74) is 9.23. The Labute approximate surface area is 180 Å². The van der Waals surface area contributed by atoms with Gasteiger partial charge in [-0.05, 0) is 63.1 Å². The average Bonchev–Trinajstić information content (AvgIpc) is 3.21. The first-order chi connectivity index (χ1) is 14.9. The first-order valence-corrected chi connectivity index (χ1v) is 10.4. The van der Waals surface area contributed by atoms with E-state index in [0.29, 0.717) is 6.54 Å². The standard InChI is InChI=1S/C24H25N7/c1-14-10-18(8-9-25-14)13-26-22-11-15(2)27-24-23(17(4)29-31(22)24)19-6-7-21-20(12-19)16(3)28-30(21)5/h6-12,26H,13H2,1-5H3. The van der Waals surface area contributed by atoms with Crippen molar-refractivity contribution in [3.05, 3.63) is 70.9 Å². The largest absolute Gasteiger partial charge is 0.366 e. The third-order valence-corrected chi connectivity index (χ3v) is 5.65. The molecular formula is C24H25N7. The molecule has 0 unspecified atom stereocenters. The van der Waals surface area contributed by atoms with Gasteiger partial charge in [0.1, 0.15) is 5.82 Å². The van der Waals surface area contributed by atoms with Crippen molar-refractivity contribution in [1.82, 2.24) is 29.4 Å². The molecule has 1 N–H and O–H groups in total. The second kappa shape index (κ2) is 7.19. The van der Waals surface area contributed by atoms with E-state index in [-0.39, 0.29) is 0 Å². The van der Waals surface area contributed by atoms with Crippen LogP contribution in [0.1, 0.15) is 28.3 Å². The van der Waals surface area contributed by atoms with Crippen molar-refractivity contribution in [2.45, 2.75) is 34.2 Å². The number of hydrogen-bond donors (Lipinski definition) is 1. The van der Waals surface area contributed by atoms with E-state index in [1.54, 1.807) is 0 Å². The van der Waals surface area contributed by atoms with Crippen LogP contribution in [0.2, 0.25) is 0 Å². The van der Waals surface area contributed by atoms with Crippen molar-refractivity contribution in [2.75, 3.05) is 5.32 Å². The van der Waals surface area contributed by atoms with E-state index in [9.17, 15) is 0 Å². The van der Waals surface area contributed by atoms with Gasteiger partial charge in [-0.2, -0.15) is 14.7 Å². The van der Waals surface area contributed by atoms with Gasteiger partial charge in [-0.25, -0.2) is 4.98 Å². The van der Waals surface area contributed by atoms with Crippen molar-refractivity contribution in [2.24, 2.45) is 7.05 Å². The molecule has 0 aliphatic heterocycles. The highest BCUT2D eigenvalue weighted by atomic mass is 15.3. The molecule has 7 heteroatoms. The quantitative estimate of drug-likeness (QED) is 0.471. The Morgan fingerprint density at radius 1 is 0.903 bits per heavy atom. The lowest BCUT2D eigenvalue weighted by Crippen LogP contribution is -2.07. The monoisotopic (exact) mass is 411 g/mol. The number of aromatic nitrogens is 6. The van der Waals surface area contributed by atoms with Crippen LogP contribution in [0.25, 0.3) is 27.7 Å². The molecule has 7 nitrogen and oxygen atoms in total. The van der Waals surface area contributed by atoms with E-state index in [2.05, 4.69) is 39.7 Å². The van der Waals surface area contributed by atoms with E-state index in [1.807, 2.05) is 62.3 Å². The van der Waals surface area contributed by atoms with Gasteiger partial charge in [0.15, 0.2) is 5.65 Å². The van der Waals surface area contributed by atoms with Crippen LogP contribution < -0.4 is 5.32 Å². The van der Waals surface area contributed by atoms with Gasteiger partial charge in [-0.3, -0.25) is 9.67 Å². The Hall–Kier alpha value is -3.74. The Kier molecular flexibility index (Phi) is 4.46. The summed E-state index contributed by atoms with van der Waals surface area (Å²) in [5, 5.41) is 14.1. The number of fused-ring (bicyclic) bond motifs is 2. The van der Waals surface area contributed by atoms with Gasteiger partial charge in [0, 0.05) is 48.2 Å². The Morgan fingerprint density at radius 2 is 1.74 bits per heavy atom. The third kappa shape index (κ3) is 3.32. The summed E-state index contributed by atoms with van der Waals surface area (Å²) in [6.07, 6.45) is 1.84. The molecule has 4 heterocycles. The van der Waals surface area contributed by atoms with Crippen LogP contribution in [-0.2, 0) is 13.6 Å². The molecule has 1 aromatic carbocycles. The number of rotatable bonds is 4. The normalized spacial score (nSPS) is 11.5. The maximum atomic E-state index is 4.84. The fourth-order valence-corrected chi connectivity index (χ4v) is 4.21. The van der Waals surface area contributed by atoms with Gasteiger partial charge in [0.2, 0.25) is 0 Å². The van der Waals surface area contributed by atoms with Crippen LogP contribution in [0.15, 0.2) is 42.6 Å². The Bertz CT molecular complexity index is 1440. The van der Waals surface area contributed by atoms with E-state index in [4.69, 9.17) is 10.1 Å². The summed E-state index contributed by atoms with van der Waals surface area (Å²) in [6, 6.07) is 12.6. The summed E-state index contributed by atoms with van der Waals surface area (Å²) in [6.45, 7) is 8.79. The molecule has 0 radical (unpaired) electrons. The molecule has 0 saturated carbocycles. The first-order valence-electron chi connectivity index (χ1n) is 10.4. The van der Waals surface area contributed by atoms with Crippen LogP contribution >= 0.6 is 0 Å². The topological polar surface area (TPSA) is 72.9 Å². The van der Waals surface area contributed by atoms with E-state index in [0.717, 1.165) is 56.3 Å². The fraction of sp³-hybridized carbons (Fsp3) is 0.250. The smallest absolute Gasteiger partial charge is 0.165 e. The predicted molar refractivity (Wildman–Crippen MR) is 123 cm³/mol. The number of nitrogens with one attached hydrogen (secondary N) is 1. The van der Waals surface area contributed by atoms with Crippen LogP contribution in [0.5, 0.6) is 0 Å². The maximum absolute atomic E-state index is 4.84. The minimum absolute atomic E-state index is 0.691.